The molecule has 5 heteroatoms. The lowest BCUT2D eigenvalue weighted by molar-refractivity contribution is -0.0608. The van der Waals surface area contributed by atoms with E-state index in [1.165, 1.54) is 0 Å². The van der Waals surface area contributed by atoms with Crippen LogP contribution in [0.25, 0.3) is 0 Å². The highest BCUT2D eigenvalue weighted by Crippen LogP contribution is 2.34. The third kappa shape index (κ3) is 3.46. The lowest BCUT2D eigenvalue weighted by atomic mass is 9.92. The summed E-state index contributed by atoms with van der Waals surface area (Å²) < 4.78 is 5.65. The Morgan fingerprint density at radius 1 is 1.45 bits per heavy atom. The van der Waals surface area contributed by atoms with Gasteiger partial charge in [-0.2, -0.15) is 0 Å². The number of ether oxygens (including phenoxy) is 1. The molecule has 0 bridgehead atoms. The van der Waals surface area contributed by atoms with E-state index in [1.54, 1.807) is 13.2 Å². The molecule has 0 radical (unpaired) electrons. The molecule has 2 N–H and O–H groups in total. The monoisotopic (exact) mass is 316 g/mol. The van der Waals surface area contributed by atoms with Crippen LogP contribution in [-0.4, -0.2) is 37.2 Å². The number of nitrogens with zero attached hydrogens (tertiary/aromatic N) is 1. The molecule has 1 aromatic rings. The highest BCUT2D eigenvalue weighted by molar-refractivity contribution is 6.35. The summed E-state index contributed by atoms with van der Waals surface area (Å²) in [6.07, 6.45) is 2.18. The Labute approximate surface area is 131 Å². The molecule has 1 heterocycles. The third-order valence-electron chi connectivity index (χ3n) is 4.17. The normalized spacial score (nSPS) is 25.6. The topological polar surface area (TPSA) is 38.5 Å². The first-order valence-corrected chi connectivity index (χ1v) is 7.69. The van der Waals surface area contributed by atoms with E-state index in [1.807, 2.05) is 12.1 Å². The Kier molecular flexibility index (Phi) is 5.32. The van der Waals surface area contributed by atoms with Gasteiger partial charge >= 0.3 is 0 Å². The van der Waals surface area contributed by atoms with Crippen LogP contribution < -0.4 is 5.73 Å². The number of benzene rings is 1. The standard InChI is InChI=1S/C15H22Cl2N2O/c1-15(20-2)6-3-7-19(10-15)14(9-18)12-5-4-11(16)8-13(12)17/h4-5,8,14H,3,6-7,9-10,18H2,1-2H3. The first-order chi connectivity index (χ1) is 9.49. The van der Waals surface area contributed by atoms with E-state index >= 15 is 0 Å². The molecule has 0 saturated carbocycles. The van der Waals surface area contributed by atoms with Crippen LogP contribution in [0.15, 0.2) is 18.2 Å². The quantitative estimate of drug-likeness (QED) is 0.924. The Hall–Kier alpha value is -0.320. The average molecular weight is 317 g/mol. The van der Waals surface area contributed by atoms with Crippen LogP contribution in [0.1, 0.15) is 31.4 Å². The maximum atomic E-state index is 6.33. The maximum absolute atomic E-state index is 6.33. The molecular weight excluding hydrogens is 295 g/mol. The fourth-order valence-corrected chi connectivity index (χ4v) is 3.46. The largest absolute Gasteiger partial charge is 0.377 e. The van der Waals surface area contributed by atoms with Crippen molar-refractivity contribution in [3.8, 4) is 0 Å². The van der Waals surface area contributed by atoms with Crippen molar-refractivity contribution in [2.24, 2.45) is 5.73 Å². The highest BCUT2D eigenvalue weighted by Gasteiger charge is 2.34. The zero-order valence-electron chi connectivity index (χ0n) is 12.0. The lowest BCUT2D eigenvalue weighted by Crippen LogP contribution is -2.49. The molecular formula is C15H22Cl2N2O. The van der Waals surface area contributed by atoms with Gasteiger partial charge < -0.3 is 10.5 Å². The second-order valence-corrected chi connectivity index (χ2v) is 6.49. The summed E-state index contributed by atoms with van der Waals surface area (Å²) in [5, 5.41) is 1.33. The van der Waals surface area contributed by atoms with Crippen LogP contribution in [-0.2, 0) is 4.74 Å². The summed E-state index contributed by atoms with van der Waals surface area (Å²) in [6, 6.07) is 5.72. The van der Waals surface area contributed by atoms with Crippen molar-refractivity contribution in [3.05, 3.63) is 33.8 Å². The van der Waals surface area contributed by atoms with Crippen molar-refractivity contribution in [2.45, 2.75) is 31.4 Å². The molecule has 0 spiro atoms. The minimum Gasteiger partial charge on any atom is -0.377 e. The Morgan fingerprint density at radius 2 is 2.20 bits per heavy atom. The maximum Gasteiger partial charge on any atom is 0.0777 e. The number of likely N-dealkylation sites (tertiary alicyclic amines) is 1. The zero-order valence-corrected chi connectivity index (χ0v) is 13.5. The molecule has 3 nitrogen and oxygen atoms in total. The SMILES string of the molecule is COC1(C)CCCN(C(CN)c2ccc(Cl)cc2Cl)C1. The first-order valence-electron chi connectivity index (χ1n) is 6.93. The van der Waals surface area contributed by atoms with Crippen LogP contribution >= 0.6 is 23.2 Å². The van der Waals surface area contributed by atoms with Gasteiger partial charge in [-0.05, 0) is 44.0 Å². The second kappa shape index (κ2) is 6.63. The van der Waals surface area contributed by atoms with Gasteiger partial charge in [-0.3, -0.25) is 4.90 Å². The average Bonchev–Trinajstić information content (AvgIpc) is 2.42. The molecule has 20 heavy (non-hydrogen) atoms. The Morgan fingerprint density at radius 3 is 2.80 bits per heavy atom. The Bertz CT molecular complexity index is 469. The van der Waals surface area contributed by atoms with Gasteiger partial charge in [0.25, 0.3) is 0 Å². The fraction of sp³-hybridized carbons (Fsp3) is 0.600. The molecule has 1 saturated heterocycles. The number of halogens is 2. The predicted molar refractivity (Wildman–Crippen MR) is 84.5 cm³/mol. The molecule has 0 aliphatic carbocycles. The van der Waals surface area contributed by atoms with Crippen LogP contribution in [0.5, 0.6) is 0 Å². The molecule has 1 fully saturated rings. The van der Waals surface area contributed by atoms with Crippen LogP contribution in [0, 0.1) is 0 Å². The number of methoxy groups -OCH3 is 1. The molecule has 2 atom stereocenters. The minimum absolute atomic E-state index is 0.106. The van der Waals surface area contributed by atoms with Crippen molar-refractivity contribution in [1.29, 1.82) is 0 Å². The van der Waals surface area contributed by atoms with Crippen LogP contribution in [0.2, 0.25) is 10.0 Å². The summed E-state index contributed by atoms with van der Waals surface area (Å²) in [4.78, 5) is 2.36. The fourth-order valence-electron chi connectivity index (χ4n) is 2.92. The van der Waals surface area contributed by atoms with E-state index < -0.39 is 0 Å². The molecule has 1 aliphatic heterocycles. The minimum atomic E-state index is -0.107. The van der Waals surface area contributed by atoms with Crippen LogP contribution in [0.3, 0.4) is 0 Å². The van der Waals surface area contributed by atoms with Gasteiger partial charge in [0.1, 0.15) is 0 Å². The number of hydrogen-bond donors (Lipinski definition) is 1. The smallest absolute Gasteiger partial charge is 0.0777 e. The molecule has 0 aromatic heterocycles. The van der Waals surface area contributed by atoms with Crippen molar-refractivity contribution in [3.63, 3.8) is 0 Å². The summed E-state index contributed by atoms with van der Waals surface area (Å²) in [5.74, 6) is 0. The van der Waals surface area contributed by atoms with Gasteiger partial charge in [0.05, 0.1) is 5.60 Å². The number of hydrogen-bond acceptors (Lipinski definition) is 3. The van der Waals surface area contributed by atoms with E-state index in [4.69, 9.17) is 33.7 Å². The Balaban J connectivity index is 2.23. The first kappa shape index (κ1) is 16.1. The lowest BCUT2D eigenvalue weighted by Gasteiger charge is -2.43. The molecule has 2 unspecified atom stereocenters. The van der Waals surface area contributed by atoms with Crippen molar-refractivity contribution in [2.75, 3.05) is 26.7 Å². The van der Waals surface area contributed by atoms with E-state index in [2.05, 4.69) is 11.8 Å². The van der Waals surface area contributed by atoms with E-state index in [-0.39, 0.29) is 11.6 Å². The van der Waals surface area contributed by atoms with Gasteiger partial charge in [0.15, 0.2) is 0 Å². The predicted octanol–water partition coefficient (Wildman–Crippen LogP) is 3.49. The van der Waals surface area contributed by atoms with Gasteiger partial charge in [-0.15, -0.1) is 0 Å². The molecule has 0 amide bonds. The number of nitrogens with two attached hydrogens (primary N) is 1. The van der Waals surface area contributed by atoms with Gasteiger partial charge in [0.2, 0.25) is 0 Å². The molecule has 2 rings (SSSR count). The number of rotatable bonds is 4. The summed E-state index contributed by atoms with van der Waals surface area (Å²) in [7, 11) is 1.77. The molecule has 1 aromatic carbocycles. The third-order valence-corrected chi connectivity index (χ3v) is 4.73. The van der Waals surface area contributed by atoms with E-state index in [9.17, 15) is 0 Å². The summed E-state index contributed by atoms with van der Waals surface area (Å²) in [6.45, 7) is 4.56. The van der Waals surface area contributed by atoms with Crippen molar-refractivity contribution in [1.82, 2.24) is 4.90 Å². The van der Waals surface area contributed by atoms with Gasteiger partial charge in [-0.1, -0.05) is 29.3 Å². The van der Waals surface area contributed by atoms with Crippen molar-refractivity contribution >= 4 is 23.2 Å². The van der Waals surface area contributed by atoms with Crippen LogP contribution in [0.4, 0.5) is 0 Å². The number of piperidine rings is 1. The summed E-state index contributed by atoms with van der Waals surface area (Å²) >= 11 is 12.3. The molecule has 112 valence electrons. The van der Waals surface area contributed by atoms with Crippen molar-refractivity contribution < 1.29 is 4.74 Å². The summed E-state index contributed by atoms with van der Waals surface area (Å²) in [5.41, 5.74) is 6.93. The second-order valence-electron chi connectivity index (χ2n) is 5.65. The van der Waals surface area contributed by atoms with E-state index in [0.717, 1.165) is 31.5 Å². The van der Waals surface area contributed by atoms with Gasteiger partial charge in [0, 0.05) is 36.3 Å². The highest BCUT2D eigenvalue weighted by atomic mass is 35.5. The van der Waals surface area contributed by atoms with Gasteiger partial charge in [-0.25, -0.2) is 0 Å². The molecule has 1 aliphatic rings. The zero-order chi connectivity index (χ0) is 14.8. The van der Waals surface area contributed by atoms with E-state index in [0.29, 0.717) is 16.6 Å².